The number of pyridine rings is 1. The molecule has 6 amide bonds. The second-order valence-electron chi connectivity index (χ2n) is 19.0. The van der Waals surface area contributed by atoms with Gasteiger partial charge in [-0.05, 0) is 104 Å². The highest BCUT2D eigenvalue weighted by molar-refractivity contribution is 7.13. The highest BCUT2D eigenvalue weighted by Crippen LogP contribution is 2.30. The van der Waals surface area contributed by atoms with Crippen LogP contribution in [0.1, 0.15) is 123 Å². The van der Waals surface area contributed by atoms with Gasteiger partial charge in [-0.25, -0.2) is 4.98 Å². The fraction of sp³-hybridized carbons (Fsp3) is 0.462. The number of benzene rings is 2. The average molecular weight is 947 g/mol. The van der Waals surface area contributed by atoms with E-state index in [1.807, 2.05) is 81.4 Å². The van der Waals surface area contributed by atoms with E-state index in [0.29, 0.717) is 43.1 Å². The van der Waals surface area contributed by atoms with E-state index in [0.717, 1.165) is 59.4 Å². The Morgan fingerprint density at radius 3 is 2.26 bits per heavy atom. The first kappa shape index (κ1) is 51.1. The molecule has 2 aliphatic rings. The molecule has 2 fully saturated rings. The van der Waals surface area contributed by atoms with Crippen LogP contribution in [0.5, 0.6) is 0 Å². The van der Waals surface area contributed by atoms with Crippen molar-refractivity contribution in [3.63, 3.8) is 0 Å². The molecule has 0 radical (unpaired) electrons. The first-order chi connectivity index (χ1) is 32.6. The fourth-order valence-corrected chi connectivity index (χ4v) is 9.46. The van der Waals surface area contributed by atoms with Gasteiger partial charge in [0.15, 0.2) is 0 Å². The number of unbranched alkanes of at least 4 members (excludes halogenated alkanes) is 1. The Labute approximate surface area is 403 Å². The van der Waals surface area contributed by atoms with E-state index >= 15 is 0 Å². The third kappa shape index (κ3) is 14.4. The minimum Gasteiger partial charge on any atom is -0.391 e. The standard InChI is InChI=1S/C52H66N8O7S/c1-34(38-14-16-39(17-15-38)46-35(2)56-33-68-46)57-49(65)43-30-42(61)32-60(43)51(67)47(52(3,4)5)58-45(63)12-9-27-55-48(64)40-18-20-41(21-19-40)50(66)59-28-23-36(24-29-59)10-6-7-26-54-44(62)22-13-37-11-8-25-53-31-37/h8,11,13-22,25,31,33-34,36,42-43,47,61H,6-7,9-10,12,23-24,26-30,32H2,1-5H3,(H,54,62)(H,55,64)(H,57,65)(H,58,63)/b22-13+/t34-,42+,43-,47+/m0/s1. The quantitative estimate of drug-likeness (QED) is 0.0533. The average Bonchev–Trinajstić information content (AvgIpc) is 3.96. The normalized spacial score (nSPS) is 17.4. The highest BCUT2D eigenvalue weighted by atomic mass is 32.1. The molecule has 2 aromatic carbocycles. The van der Waals surface area contributed by atoms with Gasteiger partial charge in [-0.15, -0.1) is 11.3 Å². The van der Waals surface area contributed by atoms with Gasteiger partial charge in [0.2, 0.25) is 23.6 Å². The number of carbonyl (C=O) groups excluding carboxylic acids is 6. The lowest BCUT2D eigenvalue weighted by Crippen LogP contribution is -2.57. The molecule has 6 rings (SSSR count). The summed E-state index contributed by atoms with van der Waals surface area (Å²) in [7, 11) is 0. The molecule has 0 unspecified atom stereocenters. The maximum Gasteiger partial charge on any atom is 0.253 e. The Morgan fingerprint density at radius 2 is 1.60 bits per heavy atom. The Bertz CT molecular complexity index is 2370. The van der Waals surface area contributed by atoms with Crippen molar-refractivity contribution in [3.8, 4) is 10.4 Å². The second kappa shape index (κ2) is 24.2. The molecule has 68 heavy (non-hydrogen) atoms. The zero-order valence-corrected chi connectivity index (χ0v) is 40.6. The number of aliphatic hydroxyl groups is 1. The number of hydrogen-bond donors (Lipinski definition) is 5. The van der Waals surface area contributed by atoms with E-state index in [-0.39, 0.29) is 61.5 Å². The Kier molecular flexibility index (Phi) is 18.2. The summed E-state index contributed by atoms with van der Waals surface area (Å²) in [4.78, 5) is 92.1. The lowest BCUT2D eigenvalue weighted by Gasteiger charge is -2.35. The molecule has 2 aliphatic heterocycles. The van der Waals surface area contributed by atoms with Crippen molar-refractivity contribution in [3.05, 3.63) is 113 Å². The van der Waals surface area contributed by atoms with E-state index in [2.05, 4.69) is 31.2 Å². The summed E-state index contributed by atoms with van der Waals surface area (Å²) >= 11 is 1.57. The van der Waals surface area contributed by atoms with Crippen LogP contribution >= 0.6 is 11.3 Å². The first-order valence-electron chi connectivity index (χ1n) is 23.7. The van der Waals surface area contributed by atoms with Gasteiger partial charge < -0.3 is 36.2 Å². The summed E-state index contributed by atoms with van der Waals surface area (Å²) in [5.41, 5.74) is 5.76. The number of aryl methyl sites for hydroxylation is 1. The largest absolute Gasteiger partial charge is 0.391 e. The molecule has 16 heteroatoms. The van der Waals surface area contributed by atoms with Gasteiger partial charge >= 0.3 is 0 Å². The van der Waals surface area contributed by atoms with Crippen LogP contribution in [0.2, 0.25) is 0 Å². The zero-order valence-electron chi connectivity index (χ0n) is 39.8. The molecular formula is C52H66N8O7S. The van der Waals surface area contributed by atoms with Crippen LogP contribution in [0.3, 0.4) is 0 Å². The van der Waals surface area contributed by atoms with E-state index in [1.165, 1.54) is 11.0 Å². The molecule has 4 atom stereocenters. The number of carbonyl (C=O) groups is 6. The van der Waals surface area contributed by atoms with E-state index in [4.69, 9.17) is 0 Å². The number of aromatic nitrogens is 2. The maximum atomic E-state index is 14.1. The molecule has 0 aliphatic carbocycles. The minimum absolute atomic E-state index is 0.0320. The summed E-state index contributed by atoms with van der Waals surface area (Å²) in [6.07, 6.45) is 11.0. The fourth-order valence-electron chi connectivity index (χ4n) is 8.65. The lowest BCUT2D eigenvalue weighted by molar-refractivity contribution is -0.144. The lowest BCUT2D eigenvalue weighted by atomic mass is 9.85. The van der Waals surface area contributed by atoms with Crippen LogP contribution in [-0.4, -0.2) is 111 Å². The van der Waals surface area contributed by atoms with Crippen LogP contribution in [-0.2, 0) is 19.2 Å². The van der Waals surface area contributed by atoms with E-state index in [9.17, 15) is 33.9 Å². The van der Waals surface area contributed by atoms with Crippen molar-refractivity contribution < 1.29 is 33.9 Å². The molecule has 5 N–H and O–H groups in total. The van der Waals surface area contributed by atoms with E-state index in [1.54, 1.807) is 54.1 Å². The van der Waals surface area contributed by atoms with Gasteiger partial charge in [-0.3, -0.25) is 33.8 Å². The minimum atomic E-state index is -0.970. The van der Waals surface area contributed by atoms with Crippen LogP contribution in [0.15, 0.2) is 84.6 Å². The molecule has 2 aromatic heterocycles. The van der Waals surface area contributed by atoms with Gasteiger partial charge in [0.05, 0.1) is 28.2 Å². The van der Waals surface area contributed by atoms with E-state index < -0.39 is 29.5 Å². The topological polar surface area (TPSA) is 203 Å². The number of piperidine rings is 1. The predicted octanol–water partition coefficient (Wildman–Crippen LogP) is 6.25. The number of likely N-dealkylation sites (tertiary alicyclic amines) is 2. The van der Waals surface area contributed by atoms with Crippen molar-refractivity contribution >= 4 is 52.9 Å². The second-order valence-corrected chi connectivity index (χ2v) is 19.8. The first-order valence-corrected chi connectivity index (χ1v) is 24.6. The summed E-state index contributed by atoms with van der Waals surface area (Å²) in [6.45, 7) is 11.5. The van der Waals surface area contributed by atoms with Crippen molar-refractivity contribution in [2.45, 2.75) is 110 Å². The zero-order chi connectivity index (χ0) is 48.8. The Hall–Kier alpha value is -6.26. The molecular weight excluding hydrogens is 881 g/mol. The monoisotopic (exact) mass is 946 g/mol. The number of rotatable bonds is 19. The summed E-state index contributed by atoms with van der Waals surface area (Å²) in [6, 6.07) is 16.0. The number of amides is 6. The number of hydrogen-bond acceptors (Lipinski definition) is 10. The molecule has 4 heterocycles. The van der Waals surface area contributed by atoms with Gasteiger partial charge in [0, 0.05) is 75.2 Å². The van der Waals surface area contributed by atoms with Crippen molar-refractivity contribution in [2.24, 2.45) is 11.3 Å². The van der Waals surface area contributed by atoms with Gasteiger partial charge in [0.25, 0.3) is 11.8 Å². The smallest absolute Gasteiger partial charge is 0.253 e. The Balaban J connectivity index is 0.886. The van der Waals surface area contributed by atoms with Crippen molar-refractivity contribution in [1.29, 1.82) is 0 Å². The molecule has 4 aromatic rings. The van der Waals surface area contributed by atoms with Crippen molar-refractivity contribution in [1.82, 2.24) is 41.0 Å². The predicted molar refractivity (Wildman–Crippen MR) is 263 cm³/mol. The van der Waals surface area contributed by atoms with Crippen molar-refractivity contribution in [2.75, 3.05) is 32.7 Å². The summed E-state index contributed by atoms with van der Waals surface area (Å²) in [5.74, 6) is -1.20. The molecule has 15 nitrogen and oxygen atoms in total. The van der Waals surface area contributed by atoms with Crippen LogP contribution in [0, 0.1) is 18.3 Å². The number of thiazole rings is 1. The third-order valence-corrected chi connectivity index (χ3v) is 13.6. The summed E-state index contributed by atoms with van der Waals surface area (Å²) in [5, 5.41) is 22.3. The van der Waals surface area contributed by atoms with Crippen LogP contribution < -0.4 is 21.3 Å². The maximum absolute atomic E-state index is 14.1. The van der Waals surface area contributed by atoms with Crippen LogP contribution in [0.4, 0.5) is 0 Å². The van der Waals surface area contributed by atoms with Crippen LogP contribution in [0.25, 0.3) is 16.5 Å². The molecule has 0 bridgehead atoms. The summed E-state index contributed by atoms with van der Waals surface area (Å²) < 4.78 is 0. The number of aliphatic hydroxyl groups excluding tert-OH is 1. The van der Waals surface area contributed by atoms with Gasteiger partial charge in [-0.1, -0.05) is 63.9 Å². The third-order valence-electron chi connectivity index (χ3n) is 12.7. The Morgan fingerprint density at radius 1 is 0.897 bits per heavy atom. The molecule has 362 valence electrons. The number of nitrogens with zero attached hydrogens (tertiary/aromatic N) is 4. The van der Waals surface area contributed by atoms with Gasteiger partial charge in [0.1, 0.15) is 12.1 Å². The van der Waals surface area contributed by atoms with Gasteiger partial charge in [-0.2, -0.15) is 0 Å². The molecule has 2 saturated heterocycles. The number of β-amino-alcohol motifs (C(OH)–C–C–N with tert-alkyl or cyclic N) is 1. The molecule has 0 saturated carbocycles. The SMILES string of the molecule is Cc1ncsc1-c1ccc([C@H](C)NC(=O)[C@@H]2C[C@@H](O)CN2C(=O)[C@@H](NC(=O)CCCNC(=O)c2ccc(C(=O)N3CCC(CCCCNC(=O)/C=C/c4cccnc4)CC3)cc2)C(C)(C)C)cc1. The molecule has 0 spiro atoms. The highest BCUT2D eigenvalue weighted by Gasteiger charge is 2.44. The number of nitrogens with one attached hydrogen (secondary N) is 4.